The molecule has 2 N–H and O–H groups in total. The summed E-state index contributed by atoms with van der Waals surface area (Å²) in [7, 11) is 0. The Morgan fingerprint density at radius 3 is 2.29 bits per heavy atom. The molecule has 0 fully saturated rings. The standard InChI is InChI=1S/C24H18ClN3O6/c25-19-11-9-17(10-12-19)21(13-16-5-2-1-3-6-16)24(31)34-15-22(29)26-27-23(30)18-7-4-8-20(14-18)28(32)33/h1-14H,15H2,(H,26,29)(H,27,30)/b21-13+. The van der Waals surface area contributed by atoms with Crippen LogP contribution >= 0.6 is 11.6 Å². The third kappa shape index (κ3) is 6.75. The SMILES string of the molecule is O=C(COC(=O)/C(=C/c1ccccc1)c1ccc(Cl)cc1)NNC(=O)c1cccc([N+](=O)[O-])c1. The molecule has 3 aromatic rings. The minimum atomic E-state index is -0.803. The molecule has 0 bridgehead atoms. The highest BCUT2D eigenvalue weighted by Crippen LogP contribution is 2.22. The number of esters is 1. The summed E-state index contributed by atoms with van der Waals surface area (Å²) in [6, 6.07) is 20.6. The first kappa shape index (κ1) is 24.1. The summed E-state index contributed by atoms with van der Waals surface area (Å²) < 4.78 is 5.12. The number of amides is 2. The number of nitrogens with zero attached hydrogens (tertiary/aromatic N) is 1. The van der Waals surface area contributed by atoms with Crippen LogP contribution in [0, 0.1) is 10.1 Å². The van der Waals surface area contributed by atoms with Crippen molar-refractivity contribution < 1.29 is 24.0 Å². The van der Waals surface area contributed by atoms with Gasteiger partial charge in [-0.25, -0.2) is 4.79 Å². The Kier molecular flexibility index (Phi) is 8.09. The summed E-state index contributed by atoms with van der Waals surface area (Å²) in [6.45, 7) is -0.673. The molecule has 3 aromatic carbocycles. The highest BCUT2D eigenvalue weighted by Gasteiger charge is 2.17. The summed E-state index contributed by atoms with van der Waals surface area (Å²) in [5, 5.41) is 11.3. The smallest absolute Gasteiger partial charge is 0.339 e. The Labute approximate surface area is 199 Å². The highest BCUT2D eigenvalue weighted by atomic mass is 35.5. The van der Waals surface area contributed by atoms with Crippen LogP contribution in [0.2, 0.25) is 5.02 Å². The largest absolute Gasteiger partial charge is 0.452 e. The van der Waals surface area contributed by atoms with E-state index in [4.69, 9.17) is 16.3 Å². The number of rotatable bonds is 7. The molecule has 10 heteroatoms. The number of halogens is 1. The zero-order valence-electron chi connectivity index (χ0n) is 17.6. The summed E-state index contributed by atoms with van der Waals surface area (Å²) in [4.78, 5) is 47.1. The third-order valence-electron chi connectivity index (χ3n) is 4.45. The Morgan fingerprint density at radius 2 is 1.62 bits per heavy atom. The number of nitrogens with one attached hydrogen (secondary N) is 2. The average Bonchev–Trinajstić information content (AvgIpc) is 2.85. The lowest BCUT2D eigenvalue weighted by Gasteiger charge is -2.10. The zero-order valence-corrected chi connectivity index (χ0v) is 18.3. The first-order valence-electron chi connectivity index (χ1n) is 9.87. The normalized spacial score (nSPS) is 10.8. The molecular formula is C24H18ClN3O6. The van der Waals surface area contributed by atoms with Gasteiger partial charge in [0.05, 0.1) is 10.5 Å². The Morgan fingerprint density at radius 1 is 0.912 bits per heavy atom. The van der Waals surface area contributed by atoms with Crippen LogP contribution in [0.4, 0.5) is 5.69 Å². The van der Waals surface area contributed by atoms with E-state index in [0.717, 1.165) is 11.6 Å². The van der Waals surface area contributed by atoms with Crippen molar-refractivity contribution in [2.24, 2.45) is 0 Å². The van der Waals surface area contributed by atoms with Gasteiger partial charge in [0, 0.05) is 22.7 Å². The number of hydrazine groups is 1. The number of benzene rings is 3. The first-order valence-corrected chi connectivity index (χ1v) is 10.2. The maximum atomic E-state index is 12.7. The van der Waals surface area contributed by atoms with Crippen molar-refractivity contribution in [2.45, 2.75) is 0 Å². The molecule has 0 aliphatic rings. The molecule has 0 unspecified atom stereocenters. The second-order valence-corrected chi connectivity index (χ2v) is 7.30. The van der Waals surface area contributed by atoms with Crippen molar-refractivity contribution >= 4 is 46.7 Å². The lowest BCUT2D eigenvalue weighted by atomic mass is 10.0. The van der Waals surface area contributed by atoms with Gasteiger partial charge in [-0.05, 0) is 35.4 Å². The van der Waals surface area contributed by atoms with Crippen LogP contribution in [0.1, 0.15) is 21.5 Å². The molecule has 3 rings (SSSR count). The fraction of sp³-hybridized carbons (Fsp3) is 0.0417. The van der Waals surface area contributed by atoms with Crippen molar-refractivity contribution in [1.82, 2.24) is 10.9 Å². The topological polar surface area (TPSA) is 128 Å². The predicted molar refractivity (Wildman–Crippen MR) is 125 cm³/mol. The van der Waals surface area contributed by atoms with Crippen LogP contribution in [0.3, 0.4) is 0 Å². The fourth-order valence-corrected chi connectivity index (χ4v) is 2.94. The molecule has 9 nitrogen and oxygen atoms in total. The highest BCUT2D eigenvalue weighted by molar-refractivity contribution is 6.30. The second kappa shape index (κ2) is 11.4. The third-order valence-corrected chi connectivity index (χ3v) is 4.71. The zero-order chi connectivity index (χ0) is 24.5. The van der Waals surface area contributed by atoms with Gasteiger partial charge in [-0.15, -0.1) is 0 Å². The molecule has 0 aliphatic carbocycles. The van der Waals surface area contributed by atoms with Crippen LogP contribution in [0.25, 0.3) is 11.6 Å². The summed E-state index contributed by atoms with van der Waals surface area (Å²) in [5.41, 5.74) is 5.41. The maximum Gasteiger partial charge on any atom is 0.339 e. The molecule has 0 heterocycles. The van der Waals surface area contributed by atoms with Gasteiger partial charge in [-0.2, -0.15) is 0 Å². The van der Waals surface area contributed by atoms with E-state index in [1.165, 1.54) is 18.2 Å². The quantitative estimate of drug-likeness (QED) is 0.174. The average molecular weight is 480 g/mol. The molecule has 0 radical (unpaired) electrons. The van der Waals surface area contributed by atoms with E-state index in [9.17, 15) is 24.5 Å². The van der Waals surface area contributed by atoms with Gasteiger partial charge < -0.3 is 4.74 Å². The van der Waals surface area contributed by atoms with E-state index in [2.05, 4.69) is 10.9 Å². The van der Waals surface area contributed by atoms with Gasteiger partial charge >= 0.3 is 5.97 Å². The Balaban J connectivity index is 1.62. The van der Waals surface area contributed by atoms with Crippen molar-refractivity contribution in [3.8, 4) is 0 Å². The van der Waals surface area contributed by atoms with E-state index in [-0.39, 0.29) is 16.8 Å². The number of nitro benzene ring substituents is 1. The van der Waals surface area contributed by atoms with Gasteiger partial charge in [0.25, 0.3) is 17.5 Å². The minimum absolute atomic E-state index is 0.0256. The van der Waals surface area contributed by atoms with Gasteiger partial charge in [-0.1, -0.05) is 60.1 Å². The number of hydrogen-bond acceptors (Lipinski definition) is 6. The molecule has 0 saturated carbocycles. The maximum absolute atomic E-state index is 12.7. The van der Waals surface area contributed by atoms with Gasteiger partial charge in [-0.3, -0.25) is 30.6 Å². The summed E-state index contributed by atoms with van der Waals surface area (Å²) in [6.07, 6.45) is 1.62. The van der Waals surface area contributed by atoms with Gasteiger partial charge in [0.2, 0.25) is 0 Å². The van der Waals surface area contributed by atoms with Crippen molar-refractivity contribution in [3.63, 3.8) is 0 Å². The number of nitro groups is 1. The number of non-ortho nitro benzene ring substituents is 1. The molecule has 172 valence electrons. The number of carbonyl (C=O) groups excluding carboxylic acids is 3. The Hall–Kier alpha value is -4.50. The molecule has 0 spiro atoms. The van der Waals surface area contributed by atoms with Crippen LogP contribution in [0.15, 0.2) is 78.9 Å². The number of hydrogen-bond donors (Lipinski definition) is 2. The molecule has 0 saturated heterocycles. The lowest BCUT2D eigenvalue weighted by molar-refractivity contribution is -0.384. The second-order valence-electron chi connectivity index (χ2n) is 6.86. The monoisotopic (exact) mass is 479 g/mol. The van der Waals surface area contributed by atoms with E-state index < -0.39 is 29.3 Å². The van der Waals surface area contributed by atoms with Gasteiger partial charge in [0.15, 0.2) is 6.61 Å². The van der Waals surface area contributed by atoms with Crippen molar-refractivity contribution in [3.05, 3.63) is 111 Å². The molecular weight excluding hydrogens is 462 g/mol. The van der Waals surface area contributed by atoms with E-state index in [1.807, 2.05) is 18.2 Å². The molecule has 0 aromatic heterocycles. The van der Waals surface area contributed by atoms with E-state index >= 15 is 0 Å². The van der Waals surface area contributed by atoms with E-state index in [0.29, 0.717) is 10.6 Å². The molecule has 0 aliphatic heterocycles. The summed E-state index contributed by atoms with van der Waals surface area (Å²) >= 11 is 5.93. The van der Waals surface area contributed by atoms with Crippen LogP contribution < -0.4 is 10.9 Å². The lowest BCUT2D eigenvalue weighted by Crippen LogP contribution is -2.43. The van der Waals surface area contributed by atoms with Crippen LogP contribution in [0.5, 0.6) is 0 Å². The van der Waals surface area contributed by atoms with Crippen molar-refractivity contribution in [1.29, 1.82) is 0 Å². The van der Waals surface area contributed by atoms with Crippen LogP contribution in [-0.2, 0) is 14.3 Å². The van der Waals surface area contributed by atoms with Crippen LogP contribution in [-0.4, -0.2) is 29.3 Å². The molecule has 2 amide bonds. The molecule has 0 atom stereocenters. The minimum Gasteiger partial charge on any atom is -0.452 e. The van der Waals surface area contributed by atoms with E-state index in [1.54, 1.807) is 42.5 Å². The molecule has 34 heavy (non-hydrogen) atoms. The number of ether oxygens (including phenoxy) is 1. The first-order chi connectivity index (χ1) is 16.3. The number of carbonyl (C=O) groups is 3. The Bertz CT molecular complexity index is 1240. The van der Waals surface area contributed by atoms with Gasteiger partial charge in [0.1, 0.15) is 0 Å². The fourth-order valence-electron chi connectivity index (χ4n) is 2.81. The summed E-state index contributed by atoms with van der Waals surface area (Å²) in [5.74, 6) is -2.33. The van der Waals surface area contributed by atoms with Crippen molar-refractivity contribution in [2.75, 3.05) is 6.61 Å². The predicted octanol–water partition coefficient (Wildman–Crippen LogP) is 3.79.